The second-order valence-corrected chi connectivity index (χ2v) is 8.39. The van der Waals surface area contributed by atoms with Crippen molar-refractivity contribution in [3.05, 3.63) is 126 Å². The van der Waals surface area contributed by atoms with E-state index in [4.69, 9.17) is 0 Å². The van der Waals surface area contributed by atoms with Crippen molar-refractivity contribution in [3.63, 3.8) is 0 Å². The summed E-state index contributed by atoms with van der Waals surface area (Å²) in [4.78, 5) is 0. The van der Waals surface area contributed by atoms with Crippen LogP contribution in [-0.2, 0) is 0 Å². The van der Waals surface area contributed by atoms with Crippen LogP contribution in [0.25, 0.3) is 49.7 Å². The van der Waals surface area contributed by atoms with Gasteiger partial charge in [-0.1, -0.05) is 84.9 Å². The lowest BCUT2D eigenvalue weighted by Crippen LogP contribution is -1.96. The fraction of sp³-hybridized carbons (Fsp3) is 0. The number of fused-ring (bicyclic) bond motifs is 3. The van der Waals surface area contributed by atoms with Gasteiger partial charge in [0.05, 0.1) is 34.3 Å². The molecule has 6 aromatic rings. The van der Waals surface area contributed by atoms with E-state index in [1.54, 1.807) is 18.2 Å². The molecule has 0 radical (unpaired) electrons. The standard InChI is InChI=1S/C32H19N3/c33-20-23-12-9-13-24(21-34)30(23)28-19-18-26(22-10-3-1-4-11-22)32-31(28)27-16-7-8-17-29(27)35(32)25-14-5-2-6-15-25/h1-19H. The Morgan fingerprint density at radius 2 is 1.14 bits per heavy atom. The summed E-state index contributed by atoms with van der Waals surface area (Å²) in [6.07, 6.45) is 0. The van der Waals surface area contributed by atoms with Gasteiger partial charge in [0.2, 0.25) is 0 Å². The van der Waals surface area contributed by atoms with E-state index < -0.39 is 0 Å². The molecule has 35 heavy (non-hydrogen) atoms. The van der Waals surface area contributed by atoms with Crippen molar-refractivity contribution < 1.29 is 0 Å². The highest BCUT2D eigenvalue weighted by molar-refractivity contribution is 6.20. The van der Waals surface area contributed by atoms with E-state index in [0.29, 0.717) is 16.7 Å². The number of nitriles is 2. The fourth-order valence-corrected chi connectivity index (χ4v) is 5.03. The molecule has 0 bridgehead atoms. The van der Waals surface area contributed by atoms with Gasteiger partial charge in [-0.25, -0.2) is 0 Å². The first-order valence-electron chi connectivity index (χ1n) is 11.4. The van der Waals surface area contributed by atoms with Gasteiger partial charge in [0.15, 0.2) is 0 Å². The Labute approximate surface area is 203 Å². The predicted molar refractivity (Wildman–Crippen MR) is 141 cm³/mol. The molecule has 0 aliphatic carbocycles. The minimum Gasteiger partial charge on any atom is -0.309 e. The molecule has 0 N–H and O–H groups in total. The zero-order chi connectivity index (χ0) is 23.8. The van der Waals surface area contributed by atoms with E-state index in [0.717, 1.165) is 44.2 Å². The van der Waals surface area contributed by atoms with E-state index in [1.165, 1.54) is 0 Å². The Balaban J connectivity index is 1.87. The number of nitrogens with zero attached hydrogens (tertiary/aromatic N) is 3. The summed E-state index contributed by atoms with van der Waals surface area (Å²) in [7, 11) is 0. The third kappa shape index (κ3) is 3.19. The van der Waals surface area contributed by atoms with Gasteiger partial charge in [-0.3, -0.25) is 0 Å². The molecular formula is C32H19N3. The number of hydrogen-bond acceptors (Lipinski definition) is 2. The zero-order valence-electron chi connectivity index (χ0n) is 18.8. The van der Waals surface area contributed by atoms with E-state index >= 15 is 0 Å². The molecule has 0 unspecified atom stereocenters. The molecule has 0 atom stereocenters. The molecule has 0 saturated heterocycles. The van der Waals surface area contributed by atoms with E-state index in [-0.39, 0.29) is 0 Å². The molecule has 0 fully saturated rings. The Kier molecular flexibility index (Phi) is 4.88. The molecule has 3 nitrogen and oxygen atoms in total. The average molecular weight is 446 g/mol. The molecule has 162 valence electrons. The topological polar surface area (TPSA) is 52.5 Å². The van der Waals surface area contributed by atoms with Gasteiger partial charge in [-0.15, -0.1) is 0 Å². The van der Waals surface area contributed by atoms with Gasteiger partial charge in [0.25, 0.3) is 0 Å². The van der Waals surface area contributed by atoms with Crippen molar-refractivity contribution in [2.24, 2.45) is 0 Å². The maximum Gasteiger partial charge on any atom is 0.0998 e. The molecule has 1 heterocycles. The van der Waals surface area contributed by atoms with E-state index in [2.05, 4.69) is 65.2 Å². The normalized spacial score (nSPS) is 10.8. The van der Waals surface area contributed by atoms with Crippen LogP contribution in [0.3, 0.4) is 0 Å². The van der Waals surface area contributed by atoms with Crippen LogP contribution in [-0.4, -0.2) is 4.57 Å². The lowest BCUT2D eigenvalue weighted by molar-refractivity contribution is 1.18. The first kappa shape index (κ1) is 20.5. The number of benzene rings is 5. The van der Waals surface area contributed by atoms with Gasteiger partial charge < -0.3 is 4.57 Å². The van der Waals surface area contributed by atoms with Crippen molar-refractivity contribution >= 4 is 21.8 Å². The van der Waals surface area contributed by atoms with Gasteiger partial charge in [-0.2, -0.15) is 10.5 Å². The van der Waals surface area contributed by atoms with Crippen molar-refractivity contribution in [1.29, 1.82) is 10.5 Å². The third-order valence-corrected chi connectivity index (χ3v) is 6.49. The molecule has 5 aromatic carbocycles. The summed E-state index contributed by atoms with van der Waals surface area (Å²) < 4.78 is 2.29. The van der Waals surface area contributed by atoms with Crippen LogP contribution in [0.1, 0.15) is 11.1 Å². The van der Waals surface area contributed by atoms with Crippen LogP contribution in [0.4, 0.5) is 0 Å². The van der Waals surface area contributed by atoms with Crippen molar-refractivity contribution in [3.8, 4) is 40.1 Å². The third-order valence-electron chi connectivity index (χ3n) is 6.49. The summed E-state index contributed by atoms with van der Waals surface area (Å²) >= 11 is 0. The molecule has 0 aliphatic heterocycles. The first-order chi connectivity index (χ1) is 17.3. The molecule has 0 aliphatic rings. The Morgan fingerprint density at radius 1 is 0.543 bits per heavy atom. The van der Waals surface area contributed by atoms with Crippen LogP contribution in [0.5, 0.6) is 0 Å². The number of para-hydroxylation sites is 2. The lowest BCUT2D eigenvalue weighted by atomic mass is 9.90. The van der Waals surface area contributed by atoms with Crippen LogP contribution < -0.4 is 0 Å². The van der Waals surface area contributed by atoms with E-state index in [9.17, 15) is 10.5 Å². The fourth-order valence-electron chi connectivity index (χ4n) is 5.03. The molecule has 3 heteroatoms. The highest BCUT2D eigenvalue weighted by atomic mass is 15.0. The maximum absolute atomic E-state index is 9.94. The molecule has 0 saturated carbocycles. The second kappa shape index (κ2) is 8.34. The summed E-state index contributed by atoms with van der Waals surface area (Å²) in [5, 5.41) is 22.0. The molecule has 0 amide bonds. The smallest absolute Gasteiger partial charge is 0.0998 e. The van der Waals surface area contributed by atoms with Gasteiger partial charge >= 0.3 is 0 Å². The summed E-state index contributed by atoms with van der Waals surface area (Å²) in [6.45, 7) is 0. The first-order valence-corrected chi connectivity index (χ1v) is 11.4. The Hall–Kier alpha value is -5.12. The molecule has 1 aromatic heterocycles. The monoisotopic (exact) mass is 445 g/mol. The van der Waals surface area contributed by atoms with E-state index in [1.807, 2.05) is 48.5 Å². The Bertz CT molecular complexity index is 1770. The molecular weight excluding hydrogens is 426 g/mol. The number of aromatic nitrogens is 1. The quantitative estimate of drug-likeness (QED) is 0.278. The highest BCUT2D eigenvalue weighted by Gasteiger charge is 2.22. The predicted octanol–water partition coefficient (Wildman–Crippen LogP) is 7.86. The van der Waals surface area contributed by atoms with Crippen molar-refractivity contribution in [1.82, 2.24) is 4.57 Å². The molecule has 6 rings (SSSR count). The van der Waals surface area contributed by atoms with Gasteiger partial charge in [-0.05, 0) is 41.5 Å². The van der Waals surface area contributed by atoms with Crippen LogP contribution in [0.15, 0.2) is 115 Å². The minimum atomic E-state index is 0.495. The van der Waals surface area contributed by atoms with Crippen molar-refractivity contribution in [2.75, 3.05) is 0 Å². The lowest BCUT2D eigenvalue weighted by Gasteiger charge is -2.15. The van der Waals surface area contributed by atoms with Crippen LogP contribution in [0.2, 0.25) is 0 Å². The summed E-state index contributed by atoms with van der Waals surface area (Å²) in [5.74, 6) is 0. The minimum absolute atomic E-state index is 0.495. The number of rotatable bonds is 3. The van der Waals surface area contributed by atoms with Gasteiger partial charge in [0.1, 0.15) is 0 Å². The maximum atomic E-state index is 9.94. The zero-order valence-corrected chi connectivity index (χ0v) is 18.8. The number of hydrogen-bond donors (Lipinski definition) is 0. The summed E-state index contributed by atoms with van der Waals surface area (Å²) in [6, 6.07) is 43.1. The van der Waals surface area contributed by atoms with Crippen molar-refractivity contribution in [2.45, 2.75) is 0 Å². The SMILES string of the molecule is N#Cc1cccc(C#N)c1-c1ccc(-c2ccccc2)c2c1c1ccccc1n2-c1ccccc1. The molecule has 0 spiro atoms. The summed E-state index contributed by atoms with van der Waals surface area (Å²) in [5.41, 5.74) is 7.95. The largest absolute Gasteiger partial charge is 0.309 e. The second-order valence-electron chi connectivity index (χ2n) is 8.39. The Morgan fingerprint density at radius 3 is 1.83 bits per heavy atom. The van der Waals surface area contributed by atoms with Crippen LogP contribution >= 0.6 is 0 Å². The van der Waals surface area contributed by atoms with Crippen LogP contribution in [0, 0.1) is 22.7 Å². The van der Waals surface area contributed by atoms with Gasteiger partial charge in [0, 0.05) is 27.6 Å². The highest BCUT2D eigenvalue weighted by Crippen LogP contribution is 2.44. The average Bonchev–Trinajstić information content (AvgIpc) is 3.28.